The van der Waals surface area contributed by atoms with Crippen molar-refractivity contribution in [1.82, 2.24) is 19.9 Å². The van der Waals surface area contributed by atoms with Crippen molar-refractivity contribution in [2.45, 2.75) is 6.92 Å². The van der Waals surface area contributed by atoms with Gasteiger partial charge in [-0.05, 0) is 31.2 Å². The van der Waals surface area contributed by atoms with Gasteiger partial charge in [0.05, 0.1) is 23.0 Å². The number of fused-ring (bicyclic) bond motifs is 2. The normalized spacial score (nSPS) is 11.2. The highest BCUT2D eigenvalue weighted by Crippen LogP contribution is 2.32. The average molecular weight is 354 g/mol. The van der Waals surface area contributed by atoms with Gasteiger partial charge in [0, 0.05) is 21.7 Å². The summed E-state index contributed by atoms with van der Waals surface area (Å²) < 4.78 is 1.02. The summed E-state index contributed by atoms with van der Waals surface area (Å²) in [5.74, 6) is 0.736. The van der Waals surface area contributed by atoms with Crippen LogP contribution in [0.25, 0.3) is 21.9 Å². The summed E-state index contributed by atoms with van der Waals surface area (Å²) in [6, 6.07) is 10.0. The Morgan fingerprint density at radius 3 is 2.91 bits per heavy atom. The SMILES string of the molecule is Cc1ncc2cc3[nH]cnc3c(Nc3cccc(Br)c3)c2n1. The minimum Gasteiger partial charge on any atom is -0.352 e. The number of aromatic nitrogens is 4. The first-order chi connectivity index (χ1) is 10.7. The summed E-state index contributed by atoms with van der Waals surface area (Å²) in [7, 11) is 0. The molecule has 2 N–H and O–H groups in total. The molecule has 0 unspecified atom stereocenters. The average Bonchev–Trinajstić information content (AvgIpc) is 2.96. The van der Waals surface area contributed by atoms with Crippen LogP contribution in [0.1, 0.15) is 5.82 Å². The number of halogens is 1. The third-order valence-electron chi connectivity index (χ3n) is 3.47. The summed E-state index contributed by atoms with van der Waals surface area (Å²) in [6.07, 6.45) is 3.53. The van der Waals surface area contributed by atoms with Gasteiger partial charge in [0.2, 0.25) is 0 Å². The summed E-state index contributed by atoms with van der Waals surface area (Å²) >= 11 is 3.49. The number of anilines is 2. The van der Waals surface area contributed by atoms with Gasteiger partial charge in [-0.15, -0.1) is 0 Å². The van der Waals surface area contributed by atoms with Crippen LogP contribution < -0.4 is 5.32 Å². The topological polar surface area (TPSA) is 66.5 Å². The van der Waals surface area contributed by atoms with Crippen molar-refractivity contribution in [2.24, 2.45) is 0 Å². The van der Waals surface area contributed by atoms with Gasteiger partial charge in [0.25, 0.3) is 0 Å². The molecule has 2 aromatic heterocycles. The van der Waals surface area contributed by atoms with Crippen molar-refractivity contribution in [3.05, 3.63) is 53.2 Å². The number of nitrogens with one attached hydrogen (secondary N) is 2. The van der Waals surface area contributed by atoms with Gasteiger partial charge in [-0.25, -0.2) is 15.0 Å². The molecule has 4 aromatic rings. The van der Waals surface area contributed by atoms with E-state index in [1.807, 2.05) is 43.5 Å². The van der Waals surface area contributed by atoms with E-state index in [1.165, 1.54) is 0 Å². The van der Waals surface area contributed by atoms with Gasteiger partial charge in [0.1, 0.15) is 11.3 Å². The summed E-state index contributed by atoms with van der Waals surface area (Å²) in [4.78, 5) is 16.4. The van der Waals surface area contributed by atoms with E-state index in [4.69, 9.17) is 0 Å². The van der Waals surface area contributed by atoms with E-state index in [-0.39, 0.29) is 0 Å². The molecular formula is C16H12BrN5. The lowest BCUT2D eigenvalue weighted by molar-refractivity contribution is 1.09. The molecule has 0 bridgehead atoms. The number of hydrogen-bond acceptors (Lipinski definition) is 4. The van der Waals surface area contributed by atoms with E-state index in [0.717, 1.165) is 43.6 Å². The highest BCUT2D eigenvalue weighted by Gasteiger charge is 2.12. The maximum Gasteiger partial charge on any atom is 0.125 e. The van der Waals surface area contributed by atoms with E-state index in [9.17, 15) is 0 Å². The molecule has 0 aliphatic rings. The molecule has 4 rings (SSSR count). The Labute approximate surface area is 135 Å². The summed E-state index contributed by atoms with van der Waals surface area (Å²) in [5, 5.41) is 4.41. The Bertz CT molecular complexity index is 992. The zero-order valence-electron chi connectivity index (χ0n) is 11.8. The molecule has 2 heterocycles. The van der Waals surface area contributed by atoms with Crippen molar-refractivity contribution in [3.63, 3.8) is 0 Å². The number of rotatable bonds is 2. The van der Waals surface area contributed by atoms with Gasteiger partial charge in [-0.3, -0.25) is 0 Å². The van der Waals surface area contributed by atoms with Crippen LogP contribution in [0.3, 0.4) is 0 Å². The van der Waals surface area contributed by atoms with Crippen LogP contribution in [-0.4, -0.2) is 19.9 Å². The number of imidazole rings is 1. The molecule has 0 saturated carbocycles. The molecule has 6 heteroatoms. The molecule has 0 atom stereocenters. The summed E-state index contributed by atoms with van der Waals surface area (Å²) in [6.45, 7) is 1.89. The van der Waals surface area contributed by atoms with Crippen LogP contribution in [0.4, 0.5) is 11.4 Å². The number of aryl methyl sites for hydroxylation is 1. The minimum atomic E-state index is 0.736. The number of H-pyrrole nitrogens is 1. The highest BCUT2D eigenvalue weighted by atomic mass is 79.9. The van der Waals surface area contributed by atoms with Crippen LogP contribution in [0.5, 0.6) is 0 Å². The Kier molecular flexibility index (Phi) is 3.04. The second-order valence-corrected chi connectivity index (χ2v) is 5.96. The van der Waals surface area contributed by atoms with Gasteiger partial charge < -0.3 is 10.3 Å². The monoisotopic (exact) mass is 353 g/mol. The number of hydrogen-bond donors (Lipinski definition) is 2. The molecule has 2 aromatic carbocycles. The molecule has 5 nitrogen and oxygen atoms in total. The number of nitrogens with zero attached hydrogens (tertiary/aromatic N) is 3. The van der Waals surface area contributed by atoms with Crippen LogP contribution in [0.2, 0.25) is 0 Å². The first-order valence-corrected chi connectivity index (χ1v) is 7.62. The first-order valence-electron chi connectivity index (χ1n) is 6.83. The predicted molar refractivity (Wildman–Crippen MR) is 91.4 cm³/mol. The molecule has 0 radical (unpaired) electrons. The van der Waals surface area contributed by atoms with E-state index in [1.54, 1.807) is 6.33 Å². The van der Waals surface area contributed by atoms with Crippen molar-refractivity contribution >= 4 is 49.2 Å². The van der Waals surface area contributed by atoms with Gasteiger partial charge in [-0.2, -0.15) is 0 Å². The zero-order chi connectivity index (χ0) is 15.1. The first kappa shape index (κ1) is 13.2. The molecular weight excluding hydrogens is 342 g/mol. The standard InChI is InChI=1S/C16H12BrN5/c1-9-18-7-10-5-13-15(20-8-19-13)16(14(10)21-9)22-12-4-2-3-11(17)6-12/h2-8,22H,1H3,(H,19,20). The molecule has 0 fully saturated rings. The lowest BCUT2D eigenvalue weighted by Crippen LogP contribution is -1.97. The zero-order valence-corrected chi connectivity index (χ0v) is 13.3. The minimum absolute atomic E-state index is 0.736. The Morgan fingerprint density at radius 1 is 1.14 bits per heavy atom. The Hall–Kier alpha value is -2.47. The molecule has 0 aliphatic heterocycles. The second-order valence-electron chi connectivity index (χ2n) is 5.04. The Balaban J connectivity index is 1.99. The fourth-order valence-electron chi connectivity index (χ4n) is 2.50. The van der Waals surface area contributed by atoms with Crippen LogP contribution in [0, 0.1) is 6.92 Å². The van der Waals surface area contributed by atoms with Crippen molar-refractivity contribution in [3.8, 4) is 0 Å². The van der Waals surface area contributed by atoms with Crippen molar-refractivity contribution in [2.75, 3.05) is 5.32 Å². The highest BCUT2D eigenvalue weighted by molar-refractivity contribution is 9.10. The lowest BCUT2D eigenvalue weighted by atomic mass is 10.1. The summed E-state index contributed by atoms with van der Waals surface area (Å²) in [5.41, 5.74) is 4.55. The van der Waals surface area contributed by atoms with Crippen molar-refractivity contribution in [1.29, 1.82) is 0 Å². The van der Waals surface area contributed by atoms with Crippen molar-refractivity contribution < 1.29 is 0 Å². The smallest absolute Gasteiger partial charge is 0.125 e. The fraction of sp³-hybridized carbons (Fsp3) is 0.0625. The largest absolute Gasteiger partial charge is 0.352 e. The molecule has 22 heavy (non-hydrogen) atoms. The van der Waals surface area contributed by atoms with Crippen LogP contribution in [0.15, 0.2) is 47.3 Å². The van der Waals surface area contributed by atoms with Gasteiger partial charge in [0.15, 0.2) is 0 Å². The van der Waals surface area contributed by atoms with Gasteiger partial charge >= 0.3 is 0 Å². The number of benzene rings is 2. The second kappa shape index (κ2) is 5.06. The third-order valence-corrected chi connectivity index (χ3v) is 3.97. The molecule has 0 spiro atoms. The van der Waals surface area contributed by atoms with Crippen LogP contribution >= 0.6 is 15.9 Å². The fourth-order valence-corrected chi connectivity index (χ4v) is 2.89. The van der Waals surface area contributed by atoms with E-state index >= 15 is 0 Å². The Morgan fingerprint density at radius 2 is 2.05 bits per heavy atom. The lowest BCUT2D eigenvalue weighted by Gasteiger charge is -2.11. The van der Waals surface area contributed by atoms with Crippen LogP contribution in [-0.2, 0) is 0 Å². The van der Waals surface area contributed by atoms with Gasteiger partial charge in [-0.1, -0.05) is 22.0 Å². The van der Waals surface area contributed by atoms with E-state index in [2.05, 4.69) is 41.2 Å². The maximum atomic E-state index is 4.58. The molecule has 0 aliphatic carbocycles. The number of aromatic amines is 1. The maximum absolute atomic E-state index is 4.58. The molecule has 0 amide bonds. The van der Waals surface area contributed by atoms with E-state index < -0.39 is 0 Å². The molecule has 108 valence electrons. The third kappa shape index (κ3) is 2.21. The quantitative estimate of drug-likeness (QED) is 0.563. The predicted octanol–water partition coefficient (Wildman–Crippen LogP) is 4.32. The van der Waals surface area contributed by atoms with E-state index in [0.29, 0.717) is 0 Å². The molecule has 0 saturated heterocycles.